The van der Waals surface area contributed by atoms with E-state index in [1.165, 1.54) is 26.0 Å². The number of hydrogen-bond acceptors (Lipinski definition) is 4. The van der Waals surface area contributed by atoms with Crippen molar-refractivity contribution in [3.63, 3.8) is 0 Å². The summed E-state index contributed by atoms with van der Waals surface area (Å²) in [6.07, 6.45) is 14.5. The van der Waals surface area contributed by atoms with E-state index in [-0.39, 0.29) is 32.7 Å². The fraction of sp³-hybridized carbons (Fsp3) is 0.333. The molecule has 0 N–H and O–H groups in total. The summed E-state index contributed by atoms with van der Waals surface area (Å²) < 4.78 is 91.2. The molecule has 2 aromatic heterocycles. The van der Waals surface area contributed by atoms with Crippen molar-refractivity contribution in [2.45, 2.75) is 43.5 Å². The molecule has 2 aromatic rings. The third-order valence-corrected chi connectivity index (χ3v) is 9.15. The van der Waals surface area contributed by atoms with Crippen LogP contribution in [0.15, 0.2) is 61.2 Å². The van der Waals surface area contributed by atoms with Crippen LogP contribution in [0, 0.1) is 13.8 Å². The highest BCUT2D eigenvalue weighted by molar-refractivity contribution is 7.12. The summed E-state index contributed by atoms with van der Waals surface area (Å²) in [5.41, 5.74) is -3.09. The van der Waals surface area contributed by atoms with E-state index in [1.54, 1.807) is 34.6 Å². The van der Waals surface area contributed by atoms with E-state index < -0.39 is 28.9 Å². The minimum absolute atomic E-state index is 0.260. The number of allylic oxidation sites excluding steroid dienone is 6. The highest BCUT2D eigenvalue weighted by Gasteiger charge is 2.80. The van der Waals surface area contributed by atoms with Crippen LogP contribution >= 0.6 is 22.7 Å². The van der Waals surface area contributed by atoms with Crippen molar-refractivity contribution in [2.24, 2.45) is 0 Å². The maximum absolute atomic E-state index is 15.4. The zero-order valence-electron chi connectivity index (χ0n) is 20.4. The monoisotopic (exact) mass is 554 g/mol. The van der Waals surface area contributed by atoms with Gasteiger partial charge in [0.05, 0.1) is 0 Å². The Morgan fingerprint density at radius 3 is 1.27 bits per heavy atom. The topological polar surface area (TPSA) is 6.48 Å². The van der Waals surface area contributed by atoms with Gasteiger partial charge in [0.25, 0.3) is 0 Å². The molecule has 37 heavy (non-hydrogen) atoms. The van der Waals surface area contributed by atoms with E-state index in [4.69, 9.17) is 0 Å². The van der Waals surface area contributed by atoms with Gasteiger partial charge in [0.1, 0.15) is 0 Å². The lowest BCUT2D eigenvalue weighted by molar-refractivity contribution is -0.254. The molecule has 0 amide bonds. The number of rotatable bonds is 4. The molecule has 5 rings (SSSR count). The lowest BCUT2D eigenvalue weighted by atomic mass is 9.93. The molecule has 10 heteroatoms. The van der Waals surface area contributed by atoms with Crippen LogP contribution < -0.4 is 0 Å². The van der Waals surface area contributed by atoms with Gasteiger partial charge in [-0.25, -0.2) is 0 Å². The summed E-state index contributed by atoms with van der Waals surface area (Å²) >= 11 is 2.28. The second-order valence-corrected chi connectivity index (χ2v) is 12.0. The quantitative estimate of drug-likeness (QED) is 0.351. The van der Waals surface area contributed by atoms with Crippen LogP contribution in [0.2, 0.25) is 0 Å². The van der Waals surface area contributed by atoms with Gasteiger partial charge in [-0.1, -0.05) is 24.3 Å². The molecule has 2 nitrogen and oxygen atoms in total. The summed E-state index contributed by atoms with van der Waals surface area (Å²) in [5.74, 6) is -16.2. The van der Waals surface area contributed by atoms with Crippen LogP contribution in [0.25, 0.3) is 11.1 Å². The number of hydrogen-bond donors (Lipinski definition) is 0. The van der Waals surface area contributed by atoms with Crippen LogP contribution in [0.5, 0.6) is 0 Å². The Labute approximate surface area is 219 Å². The smallest absolute Gasteiger partial charge is 0.358 e. The lowest BCUT2D eigenvalue weighted by Gasteiger charge is -2.25. The van der Waals surface area contributed by atoms with Gasteiger partial charge >= 0.3 is 17.8 Å². The van der Waals surface area contributed by atoms with Crippen LogP contribution in [0.4, 0.5) is 26.3 Å². The van der Waals surface area contributed by atoms with Gasteiger partial charge in [0.15, 0.2) is 0 Å². The summed E-state index contributed by atoms with van der Waals surface area (Å²) in [4.78, 5) is 5.39. The molecule has 0 aromatic carbocycles. The molecule has 0 saturated heterocycles. The maximum atomic E-state index is 15.4. The van der Waals surface area contributed by atoms with Crippen LogP contribution in [-0.4, -0.2) is 41.7 Å². The van der Waals surface area contributed by atoms with Crippen LogP contribution in [0.1, 0.15) is 42.5 Å². The van der Waals surface area contributed by atoms with E-state index in [2.05, 4.69) is 0 Å². The Bertz CT molecular complexity index is 1260. The van der Waals surface area contributed by atoms with E-state index in [0.717, 1.165) is 22.7 Å². The van der Waals surface area contributed by atoms with Gasteiger partial charge in [-0.3, -0.25) is 0 Å². The van der Waals surface area contributed by atoms with Gasteiger partial charge < -0.3 is 9.80 Å². The minimum Gasteiger partial charge on any atom is -0.358 e. The predicted molar refractivity (Wildman–Crippen MR) is 137 cm³/mol. The number of halogens is 6. The number of aryl methyl sites for hydroxylation is 2. The Morgan fingerprint density at radius 2 is 0.946 bits per heavy atom. The lowest BCUT2D eigenvalue weighted by Crippen LogP contribution is -2.48. The number of alkyl halides is 6. The highest BCUT2D eigenvalue weighted by atomic mass is 32.1. The van der Waals surface area contributed by atoms with Gasteiger partial charge in [-0.15, -0.1) is 22.7 Å². The standard InChI is InChI=1S/C27H24F6N2S2/c1-15-19(13-21(36-15)17-5-9-34(3)10-6-17)23-24(26(30,31)27(32,33)25(23,28)29)20-14-22(37-16(20)2)18-7-11-35(4)12-8-18/h5-14,17-18H,1-4H3. The van der Waals surface area contributed by atoms with Crippen molar-refractivity contribution in [1.82, 2.24) is 9.80 Å². The largest absolute Gasteiger partial charge is 0.380 e. The van der Waals surface area contributed by atoms with Gasteiger partial charge in [0, 0.05) is 81.4 Å². The summed E-state index contributed by atoms with van der Waals surface area (Å²) in [6.45, 7) is 3.00. The summed E-state index contributed by atoms with van der Waals surface area (Å²) in [7, 11) is 3.65. The molecule has 0 saturated carbocycles. The predicted octanol–water partition coefficient (Wildman–Crippen LogP) is 8.37. The second kappa shape index (κ2) is 8.66. The minimum atomic E-state index is -5.57. The summed E-state index contributed by atoms with van der Waals surface area (Å²) in [6, 6.07) is 2.72. The number of nitrogens with zero attached hydrogens (tertiary/aromatic N) is 2. The van der Waals surface area contributed by atoms with Crippen molar-refractivity contribution >= 4 is 33.8 Å². The van der Waals surface area contributed by atoms with Crippen molar-refractivity contribution in [1.29, 1.82) is 0 Å². The molecule has 0 bridgehead atoms. The summed E-state index contributed by atoms with van der Waals surface area (Å²) in [5, 5.41) is 0. The maximum Gasteiger partial charge on any atom is 0.380 e. The first kappa shape index (κ1) is 25.9. The van der Waals surface area contributed by atoms with E-state index in [9.17, 15) is 8.78 Å². The molecular formula is C27H24F6N2S2. The molecule has 2 aliphatic heterocycles. The zero-order chi connectivity index (χ0) is 26.9. The average Bonchev–Trinajstić information content (AvgIpc) is 3.42. The first-order chi connectivity index (χ1) is 17.3. The van der Waals surface area contributed by atoms with Crippen molar-refractivity contribution in [3.05, 3.63) is 91.9 Å². The fourth-order valence-electron chi connectivity index (χ4n) is 4.79. The van der Waals surface area contributed by atoms with Crippen molar-refractivity contribution < 1.29 is 26.3 Å². The number of thiophene rings is 2. The molecule has 0 spiro atoms. The highest BCUT2D eigenvalue weighted by Crippen LogP contribution is 2.66. The molecule has 196 valence electrons. The normalized spacial score (nSPS) is 22.6. The Balaban J connectivity index is 1.70. The molecule has 0 atom stereocenters. The van der Waals surface area contributed by atoms with E-state index >= 15 is 17.6 Å². The molecule has 0 unspecified atom stereocenters. The van der Waals surface area contributed by atoms with E-state index in [0.29, 0.717) is 9.75 Å². The molecule has 0 fully saturated rings. The molecule has 3 aliphatic rings. The third-order valence-electron chi connectivity index (χ3n) is 6.85. The van der Waals surface area contributed by atoms with Crippen molar-refractivity contribution in [3.8, 4) is 0 Å². The van der Waals surface area contributed by atoms with Crippen LogP contribution in [0.3, 0.4) is 0 Å². The molecule has 1 aliphatic carbocycles. The van der Waals surface area contributed by atoms with E-state index in [1.807, 2.05) is 38.4 Å². The Kier molecular flexibility index (Phi) is 6.06. The van der Waals surface area contributed by atoms with Gasteiger partial charge in [-0.2, -0.15) is 26.3 Å². The third kappa shape index (κ3) is 3.91. The van der Waals surface area contributed by atoms with Crippen LogP contribution in [-0.2, 0) is 0 Å². The van der Waals surface area contributed by atoms with Crippen molar-refractivity contribution in [2.75, 3.05) is 14.1 Å². The SMILES string of the molecule is Cc1sc(C2C=CN(C)C=C2)cc1C1=C(c2cc(C3C=CN(C)C=C3)sc2C)C(F)(F)C(F)(F)C1(F)F. The molecular weight excluding hydrogens is 530 g/mol. The zero-order valence-corrected chi connectivity index (χ0v) is 22.0. The van der Waals surface area contributed by atoms with Gasteiger partial charge in [0.2, 0.25) is 0 Å². The molecule has 0 radical (unpaired) electrons. The second-order valence-electron chi connectivity index (χ2n) is 9.46. The first-order valence-corrected chi connectivity index (χ1v) is 13.2. The Hall–Kier alpha value is -2.72. The average molecular weight is 555 g/mol. The Morgan fingerprint density at radius 1 is 0.622 bits per heavy atom. The first-order valence-electron chi connectivity index (χ1n) is 11.5. The van der Waals surface area contributed by atoms with Gasteiger partial charge in [-0.05, 0) is 37.1 Å². The molecule has 4 heterocycles. The fourth-order valence-corrected chi connectivity index (χ4v) is 6.98.